The smallest absolute Gasteiger partial charge is 0.255 e. The summed E-state index contributed by atoms with van der Waals surface area (Å²) in [5, 5.41) is 2.35. The third kappa shape index (κ3) is 3.61. The van der Waals surface area contributed by atoms with Crippen molar-refractivity contribution in [2.45, 2.75) is 57.3 Å². The Morgan fingerprint density at radius 3 is 2.81 bits per heavy atom. The molecule has 0 aliphatic carbocycles. The van der Waals surface area contributed by atoms with E-state index in [4.69, 9.17) is 5.73 Å². The first-order valence-corrected chi connectivity index (χ1v) is 9.76. The Morgan fingerprint density at radius 1 is 1.15 bits per heavy atom. The Bertz CT molecular complexity index is 778. The van der Waals surface area contributed by atoms with Crippen molar-refractivity contribution in [3.05, 3.63) is 34.9 Å². The second-order valence-corrected chi connectivity index (χ2v) is 7.83. The van der Waals surface area contributed by atoms with Crippen LogP contribution in [-0.4, -0.2) is 52.7 Å². The number of amides is 3. The normalized spacial score (nSPS) is 26.7. The van der Waals surface area contributed by atoms with Crippen LogP contribution in [0.3, 0.4) is 0 Å². The van der Waals surface area contributed by atoms with E-state index in [-0.39, 0.29) is 30.2 Å². The zero-order chi connectivity index (χ0) is 19.0. The standard InChI is InChI=1S/C20H26N4O3/c21-14-5-1-2-9-23(11-14)10-13-4-3-6-15-16(13)12-24(20(15)27)17-7-8-18(25)22-19(17)26/h3-4,6,14,17H,1-2,5,7-12,21H2,(H,22,25,26). The average molecular weight is 370 g/mol. The number of nitrogens with two attached hydrogens (primary N) is 1. The van der Waals surface area contributed by atoms with E-state index in [1.807, 2.05) is 12.1 Å². The lowest BCUT2D eigenvalue weighted by atomic mass is 10.0. The third-order valence-electron chi connectivity index (χ3n) is 5.87. The molecule has 0 spiro atoms. The monoisotopic (exact) mass is 370 g/mol. The highest BCUT2D eigenvalue weighted by Crippen LogP contribution is 2.30. The van der Waals surface area contributed by atoms with E-state index in [1.165, 1.54) is 0 Å². The van der Waals surface area contributed by atoms with Crippen molar-refractivity contribution in [3.63, 3.8) is 0 Å². The lowest BCUT2D eigenvalue weighted by molar-refractivity contribution is -0.136. The summed E-state index contributed by atoms with van der Waals surface area (Å²) in [4.78, 5) is 40.5. The lowest BCUT2D eigenvalue weighted by Crippen LogP contribution is -2.52. The molecule has 3 aliphatic rings. The zero-order valence-electron chi connectivity index (χ0n) is 15.4. The van der Waals surface area contributed by atoms with Crippen LogP contribution in [0.1, 0.15) is 53.6 Å². The maximum absolute atomic E-state index is 12.9. The number of fused-ring (bicyclic) bond motifs is 1. The molecular weight excluding hydrogens is 344 g/mol. The summed E-state index contributed by atoms with van der Waals surface area (Å²) in [6.45, 7) is 3.08. The Kier molecular flexibility index (Phi) is 4.97. The molecule has 4 rings (SSSR count). The van der Waals surface area contributed by atoms with Crippen molar-refractivity contribution >= 4 is 17.7 Å². The Morgan fingerprint density at radius 2 is 2.00 bits per heavy atom. The number of nitrogens with zero attached hydrogens (tertiary/aromatic N) is 2. The molecule has 3 heterocycles. The summed E-state index contributed by atoms with van der Waals surface area (Å²) in [7, 11) is 0. The molecule has 2 saturated heterocycles. The van der Waals surface area contributed by atoms with Gasteiger partial charge in [-0.3, -0.25) is 24.6 Å². The molecule has 1 aromatic carbocycles. The maximum Gasteiger partial charge on any atom is 0.255 e. The molecule has 3 aliphatic heterocycles. The Labute approximate surface area is 158 Å². The fraction of sp³-hybridized carbons (Fsp3) is 0.550. The minimum atomic E-state index is -0.568. The van der Waals surface area contributed by atoms with Gasteiger partial charge in [-0.15, -0.1) is 0 Å². The van der Waals surface area contributed by atoms with Crippen molar-refractivity contribution in [2.24, 2.45) is 5.73 Å². The second kappa shape index (κ2) is 7.40. The first-order chi connectivity index (χ1) is 13.0. The van der Waals surface area contributed by atoms with Crippen LogP contribution < -0.4 is 11.1 Å². The van der Waals surface area contributed by atoms with E-state index in [9.17, 15) is 14.4 Å². The van der Waals surface area contributed by atoms with Crippen LogP contribution >= 0.6 is 0 Å². The van der Waals surface area contributed by atoms with Crippen LogP contribution in [0.2, 0.25) is 0 Å². The number of hydrogen-bond donors (Lipinski definition) is 2. The van der Waals surface area contributed by atoms with Crippen LogP contribution in [0.4, 0.5) is 0 Å². The summed E-state index contributed by atoms with van der Waals surface area (Å²) in [6, 6.07) is 5.45. The van der Waals surface area contributed by atoms with Gasteiger partial charge in [0.05, 0.1) is 0 Å². The van der Waals surface area contributed by atoms with Gasteiger partial charge in [-0.25, -0.2) is 0 Å². The molecule has 2 atom stereocenters. The van der Waals surface area contributed by atoms with Gasteiger partial charge in [0.15, 0.2) is 0 Å². The summed E-state index contributed by atoms with van der Waals surface area (Å²) in [5.74, 6) is -0.750. The van der Waals surface area contributed by atoms with Crippen molar-refractivity contribution in [1.82, 2.24) is 15.1 Å². The Balaban J connectivity index is 1.54. The van der Waals surface area contributed by atoms with Gasteiger partial charge in [-0.2, -0.15) is 0 Å². The van der Waals surface area contributed by atoms with Crippen molar-refractivity contribution in [3.8, 4) is 0 Å². The van der Waals surface area contributed by atoms with E-state index in [2.05, 4.69) is 16.3 Å². The highest BCUT2D eigenvalue weighted by atomic mass is 16.2. The number of imide groups is 1. The minimum Gasteiger partial charge on any atom is -0.327 e. The molecule has 27 heavy (non-hydrogen) atoms. The van der Waals surface area contributed by atoms with Crippen molar-refractivity contribution in [2.75, 3.05) is 13.1 Å². The Hall–Kier alpha value is -2.25. The predicted octanol–water partition coefficient (Wildman–Crippen LogP) is 0.761. The topological polar surface area (TPSA) is 95.7 Å². The largest absolute Gasteiger partial charge is 0.327 e. The average Bonchev–Trinajstić information content (AvgIpc) is 2.82. The minimum absolute atomic E-state index is 0.117. The summed E-state index contributed by atoms with van der Waals surface area (Å²) in [6.07, 6.45) is 4.03. The van der Waals surface area contributed by atoms with Crippen molar-refractivity contribution < 1.29 is 14.4 Å². The molecule has 2 fully saturated rings. The van der Waals surface area contributed by atoms with Crippen LogP contribution in [0.15, 0.2) is 18.2 Å². The first-order valence-electron chi connectivity index (χ1n) is 9.76. The second-order valence-electron chi connectivity index (χ2n) is 7.83. The molecule has 7 heteroatoms. The SMILES string of the molecule is NC1CCCCN(Cc2cccc3c2CN(C2CCC(=O)NC2=O)C3=O)C1. The third-order valence-corrected chi connectivity index (χ3v) is 5.87. The van der Waals surface area contributed by atoms with Gasteiger partial charge in [0.25, 0.3) is 5.91 Å². The van der Waals surface area contributed by atoms with E-state index in [0.717, 1.165) is 50.0 Å². The number of hydrogen-bond acceptors (Lipinski definition) is 5. The molecule has 144 valence electrons. The van der Waals surface area contributed by atoms with Gasteiger partial charge in [0.1, 0.15) is 6.04 Å². The molecular formula is C20H26N4O3. The van der Waals surface area contributed by atoms with Crippen LogP contribution in [-0.2, 0) is 22.7 Å². The fourth-order valence-corrected chi connectivity index (χ4v) is 4.44. The quantitative estimate of drug-likeness (QED) is 0.766. The lowest BCUT2D eigenvalue weighted by Gasteiger charge is -2.29. The van der Waals surface area contributed by atoms with E-state index in [0.29, 0.717) is 18.5 Å². The first kappa shape index (κ1) is 18.1. The fourth-order valence-electron chi connectivity index (χ4n) is 4.44. The molecule has 3 N–H and O–H groups in total. The van der Waals surface area contributed by atoms with Gasteiger partial charge in [-0.1, -0.05) is 18.6 Å². The number of nitrogens with one attached hydrogen (secondary N) is 1. The molecule has 7 nitrogen and oxygen atoms in total. The molecule has 3 amide bonds. The number of rotatable bonds is 3. The van der Waals surface area contributed by atoms with E-state index >= 15 is 0 Å². The van der Waals surface area contributed by atoms with Gasteiger partial charge in [0, 0.05) is 37.7 Å². The molecule has 2 unspecified atom stereocenters. The highest BCUT2D eigenvalue weighted by Gasteiger charge is 2.39. The zero-order valence-corrected chi connectivity index (χ0v) is 15.4. The van der Waals surface area contributed by atoms with E-state index in [1.54, 1.807) is 4.90 Å². The van der Waals surface area contributed by atoms with Crippen LogP contribution in [0, 0.1) is 0 Å². The maximum atomic E-state index is 12.9. The van der Waals surface area contributed by atoms with E-state index < -0.39 is 6.04 Å². The summed E-state index contributed by atoms with van der Waals surface area (Å²) in [5.41, 5.74) is 8.99. The van der Waals surface area contributed by atoms with Crippen LogP contribution in [0.5, 0.6) is 0 Å². The highest BCUT2D eigenvalue weighted by molar-refractivity contribution is 6.05. The van der Waals surface area contributed by atoms with Gasteiger partial charge in [-0.05, 0) is 43.0 Å². The molecule has 1 aromatic rings. The van der Waals surface area contributed by atoms with Crippen LogP contribution in [0.25, 0.3) is 0 Å². The number of likely N-dealkylation sites (tertiary alicyclic amines) is 1. The number of piperidine rings is 1. The van der Waals surface area contributed by atoms with Gasteiger partial charge in [0.2, 0.25) is 11.8 Å². The molecule has 0 bridgehead atoms. The predicted molar refractivity (Wildman–Crippen MR) is 99.6 cm³/mol. The van der Waals surface area contributed by atoms with Gasteiger partial charge >= 0.3 is 0 Å². The number of carbonyl (C=O) groups is 3. The summed E-state index contributed by atoms with van der Waals surface area (Å²) >= 11 is 0. The molecule has 0 aromatic heterocycles. The van der Waals surface area contributed by atoms with Crippen molar-refractivity contribution in [1.29, 1.82) is 0 Å². The molecule has 0 radical (unpaired) electrons. The summed E-state index contributed by atoms with van der Waals surface area (Å²) < 4.78 is 0. The number of carbonyl (C=O) groups excluding carboxylic acids is 3. The number of benzene rings is 1. The molecule has 0 saturated carbocycles. The van der Waals surface area contributed by atoms with Gasteiger partial charge < -0.3 is 10.6 Å².